The summed E-state index contributed by atoms with van der Waals surface area (Å²) in [5.41, 5.74) is -0.0761. The van der Waals surface area contributed by atoms with Crippen molar-refractivity contribution in [1.82, 2.24) is 4.67 Å². The first-order valence-electron chi connectivity index (χ1n) is 12.2. The van der Waals surface area contributed by atoms with E-state index in [9.17, 15) is 14.6 Å². The van der Waals surface area contributed by atoms with E-state index in [0.29, 0.717) is 18.4 Å². The van der Waals surface area contributed by atoms with Crippen molar-refractivity contribution in [2.75, 3.05) is 19.8 Å². The smallest absolute Gasteiger partial charge is 0.435 e. The summed E-state index contributed by atoms with van der Waals surface area (Å²) in [5.74, 6) is -1.65. The molecule has 194 valence electrons. The number of hydrogen-bond acceptors (Lipinski definition) is 6. The van der Waals surface area contributed by atoms with Crippen molar-refractivity contribution in [3.8, 4) is 6.07 Å². The minimum absolute atomic E-state index is 0.00487. The molecule has 0 aromatic heterocycles. The van der Waals surface area contributed by atoms with Gasteiger partial charge in [0.1, 0.15) is 11.9 Å². The maximum absolute atomic E-state index is 15.2. The molecule has 0 aliphatic heterocycles. The zero-order valence-electron chi connectivity index (χ0n) is 21.1. The number of nitrogens with zero attached hydrogens (tertiary/aromatic N) is 2. The highest BCUT2D eigenvalue weighted by Gasteiger charge is 2.39. The molecule has 0 saturated heterocycles. The zero-order chi connectivity index (χ0) is 26.4. The normalized spacial score (nSPS) is 12.0. The molecule has 0 atom stereocenters. The summed E-state index contributed by atoms with van der Waals surface area (Å²) in [6.07, 6.45) is 2.80. The summed E-state index contributed by atoms with van der Waals surface area (Å²) in [6, 6.07) is 16.6. The van der Waals surface area contributed by atoms with Crippen LogP contribution in [0.5, 0.6) is 0 Å². The molecule has 2 rings (SSSR count). The van der Waals surface area contributed by atoms with Gasteiger partial charge in [-0.05, 0) is 37.5 Å². The molecule has 0 fully saturated rings. The van der Waals surface area contributed by atoms with Crippen molar-refractivity contribution in [1.29, 1.82) is 5.26 Å². The molecule has 0 amide bonds. The summed E-state index contributed by atoms with van der Waals surface area (Å²) < 4.78 is 47.7. The molecule has 9 heteroatoms. The highest BCUT2D eigenvalue weighted by atomic mass is 31.2. The lowest BCUT2D eigenvalue weighted by atomic mass is 10.1. The van der Waals surface area contributed by atoms with Gasteiger partial charge in [0.05, 0.1) is 32.1 Å². The van der Waals surface area contributed by atoms with Crippen LogP contribution in [0.2, 0.25) is 0 Å². The Morgan fingerprint density at radius 1 is 0.972 bits per heavy atom. The quantitative estimate of drug-likeness (QED) is 0.0839. The number of esters is 1. The Kier molecular flexibility index (Phi) is 12.4. The van der Waals surface area contributed by atoms with E-state index < -0.39 is 25.1 Å². The van der Waals surface area contributed by atoms with Crippen LogP contribution in [-0.2, 0) is 29.7 Å². The lowest BCUT2D eigenvalue weighted by Gasteiger charge is -2.34. The van der Waals surface area contributed by atoms with Gasteiger partial charge in [-0.15, -0.1) is 0 Å². The average molecular weight is 517 g/mol. The number of halogens is 1. The van der Waals surface area contributed by atoms with Gasteiger partial charge in [-0.25, -0.2) is 13.8 Å². The van der Waals surface area contributed by atoms with E-state index in [0.717, 1.165) is 12.8 Å². The maximum Gasteiger partial charge on any atom is 0.435 e. The molecule has 0 N–H and O–H groups in total. The fraction of sp³-hybridized carbons (Fsp3) is 0.407. The van der Waals surface area contributed by atoms with Gasteiger partial charge in [-0.3, -0.25) is 13.7 Å². The standard InChI is InChI=1S/C27H34FN2O5P/c1-4-7-18-34-36(32,35-19-8-5-2)30(21-22-14-10-9-11-15-22)26(23-16-12-13-17-25(23)28)24(20-29)27(31)33-6-3/h9-17H,4-8,18-19,21H2,1-3H3. The molecule has 36 heavy (non-hydrogen) atoms. The molecule has 0 spiro atoms. The summed E-state index contributed by atoms with van der Waals surface area (Å²) >= 11 is 0. The number of rotatable bonds is 15. The van der Waals surface area contributed by atoms with Crippen LogP contribution in [0, 0.1) is 17.1 Å². The highest BCUT2D eigenvalue weighted by molar-refractivity contribution is 7.51. The van der Waals surface area contributed by atoms with Crippen LogP contribution < -0.4 is 0 Å². The monoisotopic (exact) mass is 516 g/mol. The Morgan fingerprint density at radius 2 is 1.56 bits per heavy atom. The van der Waals surface area contributed by atoms with E-state index in [1.165, 1.54) is 22.9 Å². The van der Waals surface area contributed by atoms with Gasteiger partial charge in [0.25, 0.3) is 0 Å². The van der Waals surface area contributed by atoms with Crippen LogP contribution in [0.4, 0.5) is 4.39 Å². The number of unbranched alkanes of at least 4 members (excludes halogenated alkanes) is 2. The molecular weight excluding hydrogens is 482 g/mol. The van der Waals surface area contributed by atoms with Gasteiger partial charge in [0.2, 0.25) is 0 Å². The van der Waals surface area contributed by atoms with E-state index in [1.54, 1.807) is 37.3 Å². The fourth-order valence-corrected chi connectivity index (χ4v) is 5.19. The van der Waals surface area contributed by atoms with Gasteiger partial charge in [-0.1, -0.05) is 69.2 Å². The Morgan fingerprint density at radius 3 is 2.08 bits per heavy atom. The molecule has 0 bridgehead atoms. The molecule has 0 saturated carbocycles. The lowest BCUT2D eigenvalue weighted by molar-refractivity contribution is -0.138. The lowest BCUT2D eigenvalue weighted by Crippen LogP contribution is -2.26. The summed E-state index contributed by atoms with van der Waals surface area (Å²) in [7, 11) is -4.17. The van der Waals surface area contributed by atoms with E-state index in [1.807, 2.05) is 26.0 Å². The second-order valence-corrected chi connectivity index (χ2v) is 9.86. The SMILES string of the molecule is CCCCOP(=O)(OCCCC)N(Cc1ccccc1)C(=C(C#N)C(=O)OCC)c1ccccc1F. The third-order valence-corrected chi connectivity index (χ3v) is 7.14. The molecular formula is C27H34FN2O5P. The predicted octanol–water partition coefficient (Wildman–Crippen LogP) is 6.87. The Balaban J connectivity index is 2.83. The number of hydrogen-bond donors (Lipinski definition) is 0. The van der Waals surface area contributed by atoms with Crippen LogP contribution >= 0.6 is 7.75 Å². The van der Waals surface area contributed by atoms with Gasteiger partial charge in [0, 0.05) is 5.56 Å². The summed E-state index contributed by atoms with van der Waals surface area (Å²) in [6.45, 7) is 5.72. The molecule has 0 unspecified atom stereocenters. The van der Waals surface area contributed by atoms with E-state index in [4.69, 9.17) is 13.8 Å². The average Bonchev–Trinajstić information content (AvgIpc) is 2.88. The van der Waals surface area contributed by atoms with Crippen LogP contribution in [0.3, 0.4) is 0 Å². The second-order valence-electron chi connectivity index (χ2n) is 7.92. The van der Waals surface area contributed by atoms with Gasteiger partial charge >= 0.3 is 13.7 Å². The number of carbonyl (C=O) groups is 1. The summed E-state index contributed by atoms with van der Waals surface area (Å²) in [4.78, 5) is 12.9. The van der Waals surface area contributed by atoms with Crippen molar-refractivity contribution in [3.63, 3.8) is 0 Å². The number of ether oxygens (including phenoxy) is 1. The molecule has 7 nitrogen and oxygen atoms in total. The maximum atomic E-state index is 15.2. The van der Waals surface area contributed by atoms with E-state index in [-0.39, 0.29) is 37.6 Å². The Hall–Kier alpha value is -2.98. The van der Waals surface area contributed by atoms with Crippen molar-refractivity contribution in [3.05, 3.63) is 77.1 Å². The largest absolute Gasteiger partial charge is 0.462 e. The van der Waals surface area contributed by atoms with Gasteiger partial charge < -0.3 is 4.74 Å². The third-order valence-electron chi connectivity index (χ3n) is 5.19. The zero-order valence-corrected chi connectivity index (χ0v) is 22.0. The minimum atomic E-state index is -4.17. The predicted molar refractivity (Wildman–Crippen MR) is 137 cm³/mol. The van der Waals surface area contributed by atoms with Crippen LogP contribution in [-0.4, -0.2) is 30.5 Å². The topological polar surface area (TPSA) is 88.9 Å². The van der Waals surface area contributed by atoms with Crippen molar-refractivity contribution in [2.24, 2.45) is 0 Å². The molecule has 2 aromatic rings. The molecule has 0 aliphatic rings. The molecule has 0 heterocycles. The van der Waals surface area contributed by atoms with Crippen molar-refractivity contribution in [2.45, 2.75) is 53.0 Å². The highest BCUT2D eigenvalue weighted by Crippen LogP contribution is 2.57. The van der Waals surface area contributed by atoms with Crippen LogP contribution in [0.1, 0.15) is 57.6 Å². The first-order chi connectivity index (χ1) is 17.4. The first kappa shape index (κ1) is 29.3. The first-order valence-corrected chi connectivity index (χ1v) is 13.7. The number of carbonyl (C=O) groups excluding carboxylic acids is 1. The Bertz CT molecular complexity index is 1090. The molecule has 2 aromatic carbocycles. The van der Waals surface area contributed by atoms with Crippen LogP contribution in [0.25, 0.3) is 5.70 Å². The van der Waals surface area contributed by atoms with Crippen LogP contribution in [0.15, 0.2) is 60.2 Å². The van der Waals surface area contributed by atoms with E-state index in [2.05, 4.69) is 0 Å². The molecule has 0 radical (unpaired) electrons. The van der Waals surface area contributed by atoms with Gasteiger partial charge in [0.15, 0.2) is 5.57 Å². The van der Waals surface area contributed by atoms with Crippen molar-refractivity contribution < 1.29 is 27.5 Å². The number of nitriles is 1. The second kappa shape index (κ2) is 15.2. The molecule has 0 aliphatic carbocycles. The third kappa shape index (κ3) is 8.03. The van der Waals surface area contributed by atoms with E-state index >= 15 is 4.39 Å². The van der Waals surface area contributed by atoms with Gasteiger partial charge in [-0.2, -0.15) is 5.26 Å². The minimum Gasteiger partial charge on any atom is -0.462 e. The fourth-order valence-electron chi connectivity index (χ4n) is 3.32. The van der Waals surface area contributed by atoms with Crippen molar-refractivity contribution >= 4 is 19.4 Å². The number of benzene rings is 2. The summed E-state index contributed by atoms with van der Waals surface area (Å²) in [5, 5.41) is 10.0. The Labute approximate surface area is 213 Å².